The zero-order valence-corrected chi connectivity index (χ0v) is 20.7. The first-order valence-electron chi connectivity index (χ1n) is 12.8. The van der Waals surface area contributed by atoms with Gasteiger partial charge in [-0.15, -0.1) is 0 Å². The number of allylic oxidation sites excluding steroid dienone is 1. The van der Waals surface area contributed by atoms with Crippen molar-refractivity contribution >= 4 is 18.8 Å². The fraction of sp³-hybridized carbons (Fsp3) is 0.533. The number of hydrogen-bond donors (Lipinski definition) is 0. The standard InChI is InChI=1S/C30H39P/c1-21-18-22(2)29(23(3)19-21)28-20-24-12-10-11-17-27(24)30(28)31(25-13-6-4-7-14-25)26-15-8-5-9-16-26/h10-12,17-19,25-26H,4-9,13-16,20H2,1-3H3. The lowest BCUT2D eigenvalue weighted by Crippen LogP contribution is -2.21. The van der Waals surface area contributed by atoms with Gasteiger partial charge in [0, 0.05) is 0 Å². The van der Waals surface area contributed by atoms with Crippen molar-refractivity contribution in [3.05, 3.63) is 69.8 Å². The first kappa shape index (κ1) is 21.5. The van der Waals surface area contributed by atoms with Crippen molar-refractivity contribution in [1.29, 1.82) is 0 Å². The average molecular weight is 431 g/mol. The molecule has 2 aromatic carbocycles. The van der Waals surface area contributed by atoms with Crippen molar-refractivity contribution in [1.82, 2.24) is 0 Å². The van der Waals surface area contributed by atoms with Crippen molar-refractivity contribution in [3.63, 3.8) is 0 Å². The van der Waals surface area contributed by atoms with Crippen LogP contribution in [0.1, 0.15) is 97.6 Å². The average Bonchev–Trinajstić information content (AvgIpc) is 3.14. The molecule has 0 aromatic heterocycles. The molecule has 0 saturated heterocycles. The van der Waals surface area contributed by atoms with Crippen molar-refractivity contribution < 1.29 is 0 Å². The van der Waals surface area contributed by atoms with Crippen LogP contribution in [0.3, 0.4) is 0 Å². The van der Waals surface area contributed by atoms with Crippen LogP contribution in [0.25, 0.3) is 10.9 Å². The third-order valence-corrected chi connectivity index (χ3v) is 11.7. The third kappa shape index (κ3) is 4.18. The highest BCUT2D eigenvalue weighted by molar-refractivity contribution is 7.70. The van der Waals surface area contributed by atoms with Gasteiger partial charge in [0.15, 0.2) is 0 Å². The molecule has 0 radical (unpaired) electrons. The summed E-state index contributed by atoms with van der Waals surface area (Å²) in [5.74, 6) is 0. The van der Waals surface area contributed by atoms with Crippen LogP contribution in [0, 0.1) is 20.8 Å². The van der Waals surface area contributed by atoms with Gasteiger partial charge in [0.1, 0.15) is 0 Å². The summed E-state index contributed by atoms with van der Waals surface area (Å²) < 4.78 is 0. The van der Waals surface area contributed by atoms with E-state index < -0.39 is 0 Å². The Labute approximate surface area is 191 Å². The normalized spacial score (nSPS) is 20.5. The maximum Gasteiger partial charge on any atom is -0.000689 e. The van der Waals surface area contributed by atoms with Gasteiger partial charge in [-0.05, 0) is 103 Å². The van der Waals surface area contributed by atoms with E-state index in [1.165, 1.54) is 80.9 Å². The fourth-order valence-corrected chi connectivity index (χ4v) is 11.1. The van der Waals surface area contributed by atoms with Crippen LogP contribution in [0.2, 0.25) is 0 Å². The predicted molar refractivity (Wildman–Crippen MR) is 138 cm³/mol. The van der Waals surface area contributed by atoms with E-state index in [9.17, 15) is 0 Å². The Morgan fingerprint density at radius 1 is 0.710 bits per heavy atom. The summed E-state index contributed by atoms with van der Waals surface area (Å²) >= 11 is 0. The lowest BCUT2D eigenvalue weighted by molar-refractivity contribution is 0.487. The summed E-state index contributed by atoms with van der Waals surface area (Å²) in [7, 11) is -0.100. The van der Waals surface area contributed by atoms with E-state index in [1.807, 2.05) is 5.31 Å². The number of fused-ring (bicyclic) bond motifs is 1. The molecule has 0 unspecified atom stereocenters. The van der Waals surface area contributed by atoms with Crippen LogP contribution in [0.5, 0.6) is 0 Å². The molecule has 0 heterocycles. The van der Waals surface area contributed by atoms with Gasteiger partial charge in [0.25, 0.3) is 0 Å². The van der Waals surface area contributed by atoms with Crippen LogP contribution in [-0.2, 0) is 6.42 Å². The molecular formula is C30H39P. The Morgan fingerprint density at radius 3 is 1.84 bits per heavy atom. The molecule has 0 amide bonds. The molecule has 0 nitrogen and oxygen atoms in total. The number of hydrogen-bond acceptors (Lipinski definition) is 0. The van der Waals surface area contributed by atoms with E-state index in [0.29, 0.717) is 0 Å². The molecule has 0 N–H and O–H groups in total. The van der Waals surface area contributed by atoms with Crippen molar-refractivity contribution in [3.8, 4) is 0 Å². The number of benzene rings is 2. The highest BCUT2D eigenvalue weighted by Crippen LogP contribution is 2.68. The smallest absolute Gasteiger partial charge is 0.000689 e. The summed E-state index contributed by atoms with van der Waals surface area (Å²) in [6.45, 7) is 6.96. The van der Waals surface area contributed by atoms with E-state index >= 15 is 0 Å². The third-order valence-electron chi connectivity index (χ3n) is 8.10. The molecule has 2 saturated carbocycles. The van der Waals surface area contributed by atoms with E-state index in [-0.39, 0.29) is 7.92 Å². The monoisotopic (exact) mass is 430 g/mol. The molecule has 0 aliphatic heterocycles. The van der Waals surface area contributed by atoms with E-state index in [0.717, 1.165) is 17.7 Å². The maximum atomic E-state index is 2.47. The molecule has 2 aromatic rings. The quantitative estimate of drug-likeness (QED) is 0.424. The molecule has 1 heteroatoms. The minimum absolute atomic E-state index is 0.100. The van der Waals surface area contributed by atoms with E-state index in [4.69, 9.17) is 0 Å². The molecule has 0 spiro atoms. The van der Waals surface area contributed by atoms with Gasteiger partial charge in [0.05, 0.1) is 0 Å². The Bertz CT molecular complexity index is 929. The fourth-order valence-electron chi connectivity index (χ4n) is 6.88. The Morgan fingerprint density at radius 2 is 1.26 bits per heavy atom. The van der Waals surface area contributed by atoms with Gasteiger partial charge < -0.3 is 0 Å². The number of aryl methyl sites for hydroxylation is 3. The first-order valence-corrected chi connectivity index (χ1v) is 14.3. The summed E-state index contributed by atoms with van der Waals surface area (Å²) in [5.41, 5.74) is 12.8. The molecular weight excluding hydrogens is 391 g/mol. The maximum absolute atomic E-state index is 2.47. The molecule has 0 atom stereocenters. The Kier molecular flexibility index (Phi) is 6.39. The van der Waals surface area contributed by atoms with Gasteiger partial charge in [-0.1, -0.05) is 88.4 Å². The molecule has 3 aliphatic rings. The second-order valence-corrected chi connectivity index (χ2v) is 13.1. The minimum Gasteiger partial charge on any atom is -0.0680 e. The van der Waals surface area contributed by atoms with Gasteiger partial charge in [0.2, 0.25) is 0 Å². The topological polar surface area (TPSA) is 0 Å². The second kappa shape index (κ2) is 9.23. The molecule has 5 rings (SSSR count). The van der Waals surface area contributed by atoms with Crippen molar-refractivity contribution in [2.24, 2.45) is 0 Å². The summed E-state index contributed by atoms with van der Waals surface area (Å²) in [4.78, 5) is 0. The molecule has 0 bridgehead atoms. The van der Waals surface area contributed by atoms with Crippen LogP contribution in [0.4, 0.5) is 0 Å². The minimum atomic E-state index is -0.100. The largest absolute Gasteiger partial charge is 0.0680 e. The summed E-state index contributed by atoms with van der Waals surface area (Å²) in [6, 6.07) is 14.3. The van der Waals surface area contributed by atoms with E-state index in [2.05, 4.69) is 57.2 Å². The predicted octanol–water partition coefficient (Wildman–Crippen LogP) is 9.18. The summed E-state index contributed by atoms with van der Waals surface area (Å²) in [5, 5.41) is 1.83. The van der Waals surface area contributed by atoms with E-state index in [1.54, 1.807) is 22.3 Å². The van der Waals surface area contributed by atoms with Crippen LogP contribution >= 0.6 is 7.92 Å². The van der Waals surface area contributed by atoms with Crippen molar-refractivity contribution in [2.45, 2.75) is 103 Å². The van der Waals surface area contributed by atoms with Gasteiger partial charge in [-0.3, -0.25) is 0 Å². The lowest BCUT2D eigenvalue weighted by atomic mass is 9.92. The van der Waals surface area contributed by atoms with Crippen LogP contribution in [-0.4, -0.2) is 11.3 Å². The molecule has 164 valence electrons. The summed E-state index contributed by atoms with van der Waals surface area (Å²) in [6.07, 6.45) is 15.8. The first-order chi connectivity index (χ1) is 15.1. The molecule has 3 aliphatic carbocycles. The zero-order valence-electron chi connectivity index (χ0n) is 19.8. The van der Waals surface area contributed by atoms with Gasteiger partial charge in [-0.2, -0.15) is 0 Å². The molecule has 31 heavy (non-hydrogen) atoms. The van der Waals surface area contributed by atoms with Crippen LogP contribution in [0.15, 0.2) is 36.4 Å². The van der Waals surface area contributed by atoms with Crippen molar-refractivity contribution in [2.75, 3.05) is 0 Å². The second-order valence-electron chi connectivity index (χ2n) is 10.4. The van der Waals surface area contributed by atoms with Gasteiger partial charge in [-0.25, -0.2) is 0 Å². The zero-order chi connectivity index (χ0) is 21.4. The highest BCUT2D eigenvalue weighted by Gasteiger charge is 2.38. The number of rotatable bonds is 4. The Balaban J connectivity index is 1.70. The van der Waals surface area contributed by atoms with Gasteiger partial charge >= 0.3 is 0 Å². The SMILES string of the molecule is Cc1cc(C)c(C2=C(P(C3CCCCC3)C3CCCCC3)c3ccccc3C2)c(C)c1. The highest BCUT2D eigenvalue weighted by atomic mass is 31.1. The Hall–Kier alpha value is -1.39. The van der Waals surface area contributed by atoms with Crippen LogP contribution < -0.4 is 0 Å². The lowest BCUT2D eigenvalue weighted by Gasteiger charge is -2.40. The molecule has 2 fully saturated rings.